The highest BCUT2D eigenvalue weighted by molar-refractivity contribution is 7.10. The van der Waals surface area contributed by atoms with Crippen LogP contribution in [0.15, 0.2) is 36.0 Å². The molecule has 2 aromatic rings. The van der Waals surface area contributed by atoms with Gasteiger partial charge in [0.2, 0.25) is 5.95 Å². The third kappa shape index (κ3) is 3.78. The van der Waals surface area contributed by atoms with E-state index >= 15 is 0 Å². The molecule has 112 valence electrons. The maximum absolute atomic E-state index is 4.24. The first-order valence-electron chi connectivity index (χ1n) is 7.30. The van der Waals surface area contributed by atoms with Gasteiger partial charge in [0.05, 0.1) is 6.04 Å². The Balaban J connectivity index is 1.68. The van der Waals surface area contributed by atoms with Gasteiger partial charge in [0.1, 0.15) is 0 Å². The molecule has 2 aromatic heterocycles. The van der Waals surface area contributed by atoms with Crippen LogP contribution in [0.2, 0.25) is 0 Å². The van der Waals surface area contributed by atoms with Crippen LogP contribution in [-0.2, 0) is 0 Å². The SMILES string of the molecule is CN1CCN(C(CNc2ncccn2)c2cccs2)CC1. The maximum Gasteiger partial charge on any atom is 0.222 e. The van der Waals surface area contributed by atoms with Crippen molar-refractivity contribution in [2.24, 2.45) is 0 Å². The summed E-state index contributed by atoms with van der Waals surface area (Å²) >= 11 is 1.82. The van der Waals surface area contributed by atoms with Crippen molar-refractivity contribution in [3.63, 3.8) is 0 Å². The second-order valence-corrected chi connectivity index (χ2v) is 6.30. The molecule has 21 heavy (non-hydrogen) atoms. The van der Waals surface area contributed by atoms with E-state index in [0.717, 1.165) is 32.7 Å². The number of hydrogen-bond acceptors (Lipinski definition) is 6. The van der Waals surface area contributed by atoms with Crippen LogP contribution in [0.3, 0.4) is 0 Å². The van der Waals surface area contributed by atoms with Crippen LogP contribution < -0.4 is 5.32 Å². The summed E-state index contributed by atoms with van der Waals surface area (Å²) in [6.45, 7) is 5.31. The molecule has 0 radical (unpaired) electrons. The Bertz CT molecular complexity index is 522. The Labute approximate surface area is 129 Å². The highest BCUT2D eigenvalue weighted by Gasteiger charge is 2.24. The lowest BCUT2D eigenvalue weighted by molar-refractivity contribution is 0.118. The van der Waals surface area contributed by atoms with Crippen molar-refractivity contribution >= 4 is 17.3 Å². The van der Waals surface area contributed by atoms with Crippen molar-refractivity contribution in [1.29, 1.82) is 0 Å². The first-order chi connectivity index (χ1) is 10.3. The summed E-state index contributed by atoms with van der Waals surface area (Å²) in [6.07, 6.45) is 3.54. The molecular weight excluding hydrogens is 282 g/mol. The summed E-state index contributed by atoms with van der Waals surface area (Å²) in [6, 6.07) is 6.58. The molecule has 0 spiro atoms. The van der Waals surface area contributed by atoms with Crippen molar-refractivity contribution in [2.45, 2.75) is 6.04 Å². The Morgan fingerprint density at radius 2 is 1.95 bits per heavy atom. The van der Waals surface area contributed by atoms with Crippen molar-refractivity contribution in [1.82, 2.24) is 19.8 Å². The van der Waals surface area contributed by atoms with E-state index in [1.165, 1.54) is 4.88 Å². The molecule has 1 aliphatic heterocycles. The van der Waals surface area contributed by atoms with Gasteiger partial charge < -0.3 is 10.2 Å². The van der Waals surface area contributed by atoms with Crippen LogP contribution >= 0.6 is 11.3 Å². The van der Waals surface area contributed by atoms with Gasteiger partial charge in [-0.05, 0) is 24.6 Å². The van der Waals surface area contributed by atoms with Crippen LogP contribution in [0.1, 0.15) is 10.9 Å². The monoisotopic (exact) mass is 303 g/mol. The van der Waals surface area contributed by atoms with Gasteiger partial charge in [-0.15, -0.1) is 11.3 Å². The molecule has 3 rings (SSSR count). The third-order valence-corrected chi connectivity index (χ3v) is 4.84. The number of hydrogen-bond donors (Lipinski definition) is 1. The van der Waals surface area contributed by atoms with E-state index in [9.17, 15) is 0 Å². The Morgan fingerprint density at radius 3 is 2.62 bits per heavy atom. The number of nitrogens with one attached hydrogen (secondary N) is 1. The molecule has 0 saturated carbocycles. The second kappa shape index (κ2) is 6.98. The molecule has 1 fully saturated rings. The smallest absolute Gasteiger partial charge is 0.222 e. The lowest BCUT2D eigenvalue weighted by atomic mass is 10.1. The minimum absolute atomic E-state index is 0.391. The molecule has 0 aromatic carbocycles. The van der Waals surface area contributed by atoms with Gasteiger partial charge >= 0.3 is 0 Å². The molecule has 0 aliphatic carbocycles. The van der Waals surface area contributed by atoms with Crippen LogP contribution in [0.4, 0.5) is 5.95 Å². The fraction of sp³-hybridized carbons (Fsp3) is 0.467. The third-order valence-electron chi connectivity index (χ3n) is 3.87. The molecule has 0 amide bonds. The number of rotatable bonds is 5. The number of piperazine rings is 1. The zero-order chi connectivity index (χ0) is 14.5. The normalized spacial score (nSPS) is 18.5. The molecule has 6 heteroatoms. The van der Waals surface area contributed by atoms with Crippen LogP contribution in [0.25, 0.3) is 0 Å². The van der Waals surface area contributed by atoms with Crippen LogP contribution in [0, 0.1) is 0 Å². The van der Waals surface area contributed by atoms with Gasteiger partial charge in [-0.2, -0.15) is 0 Å². The van der Waals surface area contributed by atoms with Gasteiger partial charge in [-0.1, -0.05) is 6.07 Å². The average molecular weight is 303 g/mol. The van der Waals surface area contributed by atoms with Gasteiger partial charge in [-0.3, -0.25) is 4.90 Å². The summed E-state index contributed by atoms with van der Waals surface area (Å²) in [4.78, 5) is 14.8. The molecule has 1 atom stereocenters. The number of likely N-dealkylation sites (N-methyl/N-ethyl adjacent to an activating group) is 1. The molecule has 1 unspecified atom stereocenters. The molecule has 1 aliphatic rings. The summed E-state index contributed by atoms with van der Waals surface area (Å²) in [5.74, 6) is 0.702. The first kappa shape index (κ1) is 14.4. The molecule has 1 saturated heterocycles. The standard InChI is InChI=1S/C15H21N5S/c1-19-7-9-20(10-8-19)13(14-4-2-11-21-14)12-18-15-16-5-3-6-17-15/h2-6,11,13H,7-10,12H2,1H3,(H,16,17,18). The topological polar surface area (TPSA) is 44.3 Å². The van der Waals surface area contributed by atoms with E-state index in [4.69, 9.17) is 0 Å². The van der Waals surface area contributed by atoms with Crippen molar-refractivity contribution in [2.75, 3.05) is 45.1 Å². The van der Waals surface area contributed by atoms with E-state index in [1.807, 2.05) is 17.4 Å². The minimum Gasteiger partial charge on any atom is -0.352 e. The Kier molecular flexibility index (Phi) is 4.80. The number of aromatic nitrogens is 2. The largest absolute Gasteiger partial charge is 0.352 e. The summed E-state index contributed by atoms with van der Waals surface area (Å²) in [5.41, 5.74) is 0. The lowest BCUT2D eigenvalue weighted by Gasteiger charge is -2.37. The van der Waals surface area contributed by atoms with Crippen molar-refractivity contribution < 1.29 is 0 Å². The minimum atomic E-state index is 0.391. The van der Waals surface area contributed by atoms with E-state index in [1.54, 1.807) is 12.4 Å². The van der Waals surface area contributed by atoms with Gasteiger partial charge in [-0.25, -0.2) is 9.97 Å². The predicted molar refractivity (Wildman–Crippen MR) is 86.7 cm³/mol. The van der Waals surface area contributed by atoms with Crippen molar-refractivity contribution in [3.8, 4) is 0 Å². The summed E-state index contributed by atoms with van der Waals surface area (Å²) < 4.78 is 0. The average Bonchev–Trinajstić information content (AvgIpc) is 3.04. The van der Waals surface area contributed by atoms with E-state index < -0.39 is 0 Å². The summed E-state index contributed by atoms with van der Waals surface area (Å²) in [5, 5.41) is 5.52. The zero-order valence-electron chi connectivity index (χ0n) is 12.3. The van der Waals surface area contributed by atoms with E-state index in [0.29, 0.717) is 12.0 Å². The molecule has 3 heterocycles. The Morgan fingerprint density at radius 1 is 1.19 bits per heavy atom. The maximum atomic E-state index is 4.24. The lowest BCUT2D eigenvalue weighted by Crippen LogP contribution is -2.47. The molecule has 0 bridgehead atoms. The first-order valence-corrected chi connectivity index (χ1v) is 8.18. The number of anilines is 1. The van der Waals surface area contributed by atoms with Gasteiger partial charge in [0, 0.05) is 50.0 Å². The fourth-order valence-corrected chi connectivity index (χ4v) is 3.46. The number of nitrogens with zero attached hydrogens (tertiary/aromatic N) is 4. The highest BCUT2D eigenvalue weighted by Crippen LogP contribution is 2.26. The summed E-state index contributed by atoms with van der Waals surface area (Å²) in [7, 11) is 2.19. The predicted octanol–water partition coefficient (Wildman–Crippen LogP) is 1.94. The van der Waals surface area contributed by atoms with Crippen LogP contribution in [0.5, 0.6) is 0 Å². The molecular formula is C15H21N5S. The van der Waals surface area contributed by atoms with Gasteiger partial charge in [0.15, 0.2) is 0 Å². The van der Waals surface area contributed by atoms with E-state index in [2.05, 4.69) is 49.6 Å². The fourth-order valence-electron chi connectivity index (χ4n) is 2.60. The van der Waals surface area contributed by atoms with Gasteiger partial charge in [0.25, 0.3) is 0 Å². The van der Waals surface area contributed by atoms with Crippen molar-refractivity contribution in [3.05, 3.63) is 40.8 Å². The highest BCUT2D eigenvalue weighted by atomic mass is 32.1. The quantitative estimate of drug-likeness (QED) is 0.914. The number of thiophene rings is 1. The molecule has 5 nitrogen and oxygen atoms in total. The van der Waals surface area contributed by atoms with E-state index in [-0.39, 0.29) is 0 Å². The second-order valence-electron chi connectivity index (χ2n) is 5.32. The zero-order valence-corrected chi connectivity index (χ0v) is 13.1. The molecule has 1 N–H and O–H groups in total. The Hall–Kier alpha value is -1.50. The van der Waals surface area contributed by atoms with Crippen LogP contribution in [-0.4, -0.2) is 59.5 Å².